The molecule has 1 aliphatic heterocycles. The molecule has 2 N–H and O–H groups in total. The largest absolute Gasteiger partial charge is 0.496 e. The summed E-state index contributed by atoms with van der Waals surface area (Å²) in [5.41, 5.74) is 1.90. The van der Waals surface area contributed by atoms with Crippen LogP contribution in [-0.4, -0.2) is 80.9 Å². The zero-order valence-corrected chi connectivity index (χ0v) is 28.7. The highest BCUT2D eigenvalue weighted by molar-refractivity contribution is 5.94. The fourth-order valence-corrected chi connectivity index (χ4v) is 5.72. The van der Waals surface area contributed by atoms with Crippen molar-refractivity contribution in [3.8, 4) is 34.3 Å². The van der Waals surface area contributed by atoms with Crippen LogP contribution in [0, 0.1) is 5.92 Å². The SMILES string of the molecule is COc1ccccc1-c1noc(CCC(=O)N2CCNC(=O)c3cccc(c3)OCCn3nc(-c4ccccc4)nc3[C@H](C(C)C)NC(=O)C2)n1. The lowest BCUT2D eigenvalue weighted by Gasteiger charge is -2.26. The average molecular weight is 693 g/mol. The maximum atomic E-state index is 13.7. The van der Waals surface area contributed by atoms with Crippen molar-refractivity contribution in [1.82, 2.24) is 40.4 Å². The highest BCUT2D eigenvalue weighted by Crippen LogP contribution is 2.28. The molecule has 0 unspecified atom stereocenters. The second-order valence-corrected chi connectivity index (χ2v) is 12.3. The van der Waals surface area contributed by atoms with Gasteiger partial charge in [0.15, 0.2) is 11.6 Å². The Hall–Kier alpha value is -6.05. The van der Waals surface area contributed by atoms with Crippen LogP contribution in [0.3, 0.4) is 0 Å². The predicted octanol–water partition coefficient (Wildman–Crippen LogP) is 4.10. The van der Waals surface area contributed by atoms with Crippen LogP contribution in [0.5, 0.6) is 11.5 Å². The molecule has 1 aliphatic rings. The number of aryl methyl sites for hydroxylation is 1. The second-order valence-electron chi connectivity index (χ2n) is 12.3. The maximum absolute atomic E-state index is 13.7. The number of benzene rings is 3. The Morgan fingerprint density at radius 3 is 2.55 bits per heavy atom. The monoisotopic (exact) mass is 692 g/mol. The van der Waals surface area contributed by atoms with Crippen LogP contribution in [0.15, 0.2) is 83.4 Å². The number of methoxy groups -OCH3 is 1. The standard InChI is InChI=1S/C37H40N8O6/c1-24(2)33-36-41-34(25-10-5-4-6-11-25)42-45(36)20-21-50-27-13-9-12-26(22-27)37(48)38-18-19-44(23-30(46)39-33)32(47)17-16-31-40-35(43-51-31)28-14-7-8-15-29(28)49-3/h4-15,22,24,33H,16-21,23H2,1-3H3,(H,38,48)(H,39,46)/t33-/m0/s1. The van der Waals surface area contributed by atoms with Gasteiger partial charge in [-0.2, -0.15) is 10.1 Å². The fourth-order valence-electron chi connectivity index (χ4n) is 5.72. The number of para-hydroxylation sites is 1. The van der Waals surface area contributed by atoms with Crippen LogP contribution in [-0.2, 0) is 22.6 Å². The summed E-state index contributed by atoms with van der Waals surface area (Å²) in [7, 11) is 1.56. The molecule has 14 nitrogen and oxygen atoms in total. The minimum absolute atomic E-state index is 0.00343. The van der Waals surface area contributed by atoms with Crippen LogP contribution in [0.1, 0.15) is 48.4 Å². The number of amides is 3. The summed E-state index contributed by atoms with van der Waals surface area (Å²) in [6, 6.07) is 23.2. The Balaban J connectivity index is 1.24. The molecular weight excluding hydrogens is 652 g/mol. The molecule has 2 bridgehead atoms. The van der Waals surface area contributed by atoms with E-state index in [-0.39, 0.29) is 68.6 Å². The van der Waals surface area contributed by atoms with Crippen molar-refractivity contribution < 1.29 is 28.4 Å². The van der Waals surface area contributed by atoms with Crippen LogP contribution >= 0.6 is 0 Å². The smallest absolute Gasteiger partial charge is 0.251 e. The van der Waals surface area contributed by atoms with E-state index in [1.54, 1.807) is 42.1 Å². The first-order valence-electron chi connectivity index (χ1n) is 16.8. The van der Waals surface area contributed by atoms with Crippen LogP contribution in [0.25, 0.3) is 22.8 Å². The van der Waals surface area contributed by atoms with Crippen LogP contribution < -0.4 is 20.1 Å². The van der Waals surface area contributed by atoms with Crippen molar-refractivity contribution in [2.75, 3.05) is 33.4 Å². The van der Waals surface area contributed by atoms with Gasteiger partial charge in [-0.05, 0) is 36.2 Å². The summed E-state index contributed by atoms with van der Waals surface area (Å²) in [6.45, 7) is 4.51. The van der Waals surface area contributed by atoms with Gasteiger partial charge in [0.25, 0.3) is 5.91 Å². The molecule has 3 amide bonds. The molecule has 3 aromatic carbocycles. The minimum Gasteiger partial charge on any atom is -0.496 e. The molecule has 0 saturated carbocycles. The molecule has 5 aromatic rings. The first kappa shape index (κ1) is 34.8. The number of hydrogen-bond acceptors (Lipinski definition) is 10. The van der Waals surface area contributed by atoms with Gasteiger partial charge >= 0.3 is 0 Å². The molecule has 1 atom stereocenters. The summed E-state index contributed by atoms with van der Waals surface area (Å²) < 4.78 is 18.6. The molecule has 0 saturated heterocycles. The van der Waals surface area contributed by atoms with E-state index in [4.69, 9.17) is 24.1 Å². The Kier molecular flexibility index (Phi) is 11.0. The number of hydrogen-bond donors (Lipinski definition) is 2. The topological polar surface area (TPSA) is 167 Å². The lowest BCUT2D eigenvalue weighted by molar-refractivity contribution is -0.136. The molecule has 2 aromatic heterocycles. The third-order valence-electron chi connectivity index (χ3n) is 8.38. The van der Waals surface area contributed by atoms with E-state index in [0.717, 1.165) is 5.56 Å². The number of rotatable bonds is 7. The Morgan fingerprint density at radius 2 is 1.75 bits per heavy atom. The molecule has 0 aliphatic carbocycles. The van der Waals surface area contributed by atoms with Crippen molar-refractivity contribution in [2.24, 2.45) is 5.92 Å². The first-order chi connectivity index (χ1) is 24.8. The van der Waals surface area contributed by atoms with E-state index in [1.807, 2.05) is 62.4 Å². The highest BCUT2D eigenvalue weighted by Gasteiger charge is 2.28. The molecular formula is C37H40N8O6. The number of nitrogens with zero attached hydrogens (tertiary/aromatic N) is 6. The molecule has 6 rings (SSSR count). The minimum atomic E-state index is -0.523. The van der Waals surface area contributed by atoms with Crippen molar-refractivity contribution in [3.05, 3.63) is 96.1 Å². The predicted molar refractivity (Wildman–Crippen MR) is 187 cm³/mol. The third-order valence-corrected chi connectivity index (χ3v) is 8.38. The van der Waals surface area contributed by atoms with Crippen molar-refractivity contribution in [1.29, 1.82) is 0 Å². The van der Waals surface area contributed by atoms with E-state index in [0.29, 0.717) is 46.6 Å². The van der Waals surface area contributed by atoms with Gasteiger partial charge < -0.3 is 29.5 Å². The van der Waals surface area contributed by atoms with Crippen LogP contribution in [0.4, 0.5) is 0 Å². The fraction of sp³-hybridized carbons (Fsp3) is 0.324. The number of carbonyl (C=O) groups excluding carboxylic acids is 3. The van der Waals surface area contributed by atoms with Gasteiger partial charge in [-0.25, -0.2) is 9.67 Å². The van der Waals surface area contributed by atoms with Crippen LogP contribution in [0.2, 0.25) is 0 Å². The zero-order valence-electron chi connectivity index (χ0n) is 28.7. The summed E-state index contributed by atoms with van der Waals surface area (Å²) >= 11 is 0. The van der Waals surface area contributed by atoms with Crippen molar-refractivity contribution in [2.45, 2.75) is 39.3 Å². The Bertz CT molecular complexity index is 1970. The van der Waals surface area contributed by atoms with E-state index in [9.17, 15) is 14.4 Å². The quantitative estimate of drug-likeness (QED) is 0.254. The highest BCUT2D eigenvalue weighted by atomic mass is 16.5. The van der Waals surface area contributed by atoms with Gasteiger partial charge in [0, 0.05) is 37.1 Å². The number of fused-ring (bicyclic) bond motifs is 3. The Morgan fingerprint density at radius 1 is 0.961 bits per heavy atom. The normalized spacial score (nSPS) is 15.7. The summed E-state index contributed by atoms with van der Waals surface area (Å²) in [6.07, 6.45) is 0.148. The summed E-state index contributed by atoms with van der Waals surface area (Å²) in [5, 5.41) is 14.8. The second kappa shape index (κ2) is 16.1. The molecule has 3 heterocycles. The van der Waals surface area contributed by atoms with Gasteiger partial charge in [-0.1, -0.05) is 67.5 Å². The number of ether oxygens (including phenoxy) is 2. The number of carbonyl (C=O) groups is 3. The van der Waals surface area contributed by atoms with Gasteiger partial charge in [-0.15, -0.1) is 0 Å². The van der Waals surface area contributed by atoms with Crippen molar-refractivity contribution >= 4 is 17.7 Å². The third kappa shape index (κ3) is 8.58. The molecule has 0 radical (unpaired) electrons. The van der Waals surface area contributed by atoms with Gasteiger partial charge in [0.2, 0.25) is 23.5 Å². The lowest BCUT2D eigenvalue weighted by Crippen LogP contribution is -2.46. The lowest BCUT2D eigenvalue weighted by atomic mass is 10.0. The zero-order chi connectivity index (χ0) is 35.7. The van der Waals surface area contributed by atoms with Gasteiger partial charge in [0.1, 0.15) is 18.1 Å². The molecule has 0 fully saturated rings. The van der Waals surface area contributed by atoms with E-state index < -0.39 is 6.04 Å². The van der Waals surface area contributed by atoms with Crippen molar-refractivity contribution in [3.63, 3.8) is 0 Å². The van der Waals surface area contributed by atoms with E-state index >= 15 is 0 Å². The number of aromatic nitrogens is 5. The molecule has 51 heavy (non-hydrogen) atoms. The Labute approximate surface area is 295 Å². The summed E-state index contributed by atoms with van der Waals surface area (Å²) in [4.78, 5) is 51.2. The number of nitrogens with one attached hydrogen (secondary N) is 2. The molecule has 0 spiro atoms. The molecule has 264 valence electrons. The van der Waals surface area contributed by atoms with Gasteiger partial charge in [0.05, 0.1) is 31.8 Å². The van der Waals surface area contributed by atoms with E-state index in [1.165, 1.54) is 4.90 Å². The average Bonchev–Trinajstić information content (AvgIpc) is 3.80. The van der Waals surface area contributed by atoms with E-state index in [2.05, 4.69) is 20.8 Å². The molecule has 14 heteroatoms. The van der Waals surface area contributed by atoms with Gasteiger partial charge in [-0.3, -0.25) is 14.4 Å². The first-order valence-corrected chi connectivity index (χ1v) is 16.8. The summed E-state index contributed by atoms with van der Waals surface area (Å²) in [5.74, 6) is 1.71. The maximum Gasteiger partial charge on any atom is 0.251 e.